The van der Waals surface area contributed by atoms with Gasteiger partial charge < -0.3 is 10.2 Å². The highest BCUT2D eigenvalue weighted by Gasteiger charge is 2.14. The summed E-state index contributed by atoms with van der Waals surface area (Å²) in [5.41, 5.74) is 4.35. The Hall–Kier alpha value is -3.15. The van der Waals surface area contributed by atoms with E-state index in [1.807, 2.05) is 67.1 Å². The zero-order valence-corrected chi connectivity index (χ0v) is 14.6. The molecular formula is C19H21N5O. The summed E-state index contributed by atoms with van der Waals surface area (Å²) in [5, 5.41) is 7.47. The van der Waals surface area contributed by atoms with Crippen LogP contribution in [-0.2, 0) is 6.54 Å². The molecule has 3 rings (SSSR count). The maximum Gasteiger partial charge on any atom is 0.322 e. The number of aromatic nitrogens is 3. The number of urea groups is 1. The quantitative estimate of drug-likeness (QED) is 0.793. The van der Waals surface area contributed by atoms with E-state index < -0.39 is 0 Å². The van der Waals surface area contributed by atoms with E-state index in [4.69, 9.17) is 0 Å². The van der Waals surface area contributed by atoms with Gasteiger partial charge >= 0.3 is 6.03 Å². The third-order valence-electron chi connectivity index (χ3n) is 3.86. The molecule has 0 aliphatic rings. The van der Waals surface area contributed by atoms with Crippen LogP contribution in [0.25, 0.3) is 5.69 Å². The minimum Gasteiger partial charge on any atom is -0.322 e. The number of aryl methyl sites for hydroxylation is 2. The molecule has 0 unspecified atom stereocenters. The third-order valence-corrected chi connectivity index (χ3v) is 3.86. The van der Waals surface area contributed by atoms with Crippen molar-refractivity contribution < 1.29 is 4.79 Å². The van der Waals surface area contributed by atoms with E-state index in [2.05, 4.69) is 15.4 Å². The van der Waals surface area contributed by atoms with E-state index >= 15 is 0 Å². The smallest absolute Gasteiger partial charge is 0.322 e. The molecule has 0 spiro atoms. The van der Waals surface area contributed by atoms with Crippen molar-refractivity contribution in [2.24, 2.45) is 0 Å². The highest BCUT2D eigenvalue weighted by atomic mass is 16.2. The average Bonchev–Trinajstić information content (AvgIpc) is 2.94. The molecule has 3 aromatic rings. The summed E-state index contributed by atoms with van der Waals surface area (Å²) in [7, 11) is 1.75. The number of carbonyl (C=O) groups is 1. The second kappa shape index (κ2) is 7.17. The van der Waals surface area contributed by atoms with Crippen LogP contribution in [0.4, 0.5) is 10.5 Å². The van der Waals surface area contributed by atoms with Crippen LogP contribution in [0.2, 0.25) is 0 Å². The van der Waals surface area contributed by atoms with Crippen molar-refractivity contribution in [2.45, 2.75) is 20.4 Å². The standard InChI is InChI=1S/C19H21N5O/c1-14-12-15(2)24(22-14)18-10-5-4-9-17(18)21-19(25)23(3)13-16-8-6-7-11-20-16/h4-12H,13H2,1-3H3,(H,21,25). The summed E-state index contributed by atoms with van der Waals surface area (Å²) >= 11 is 0. The van der Waals surface area contributed by atoms with E-state index in [-0.39, 0.29) is 6.03 Å². The lowest BCUT2D eigenvalue weighted by Crippen LogP contribution is -2.31. The van der Waals surface area contributed by atoms with Gasteiger partial charge in [0.25, 0.3) is 0 Å². The fraction of sp³-hybridized carbons (Fsp3) is 0.211. The molecular weight excluding hydrogens is 314 g/mol. The highest BCUT2D eigenvalue weighted by molar-refractivity contribution is 5.91. The van der Waals surface area contributed by atoms with Gasteiger partial charge in [-0.2, -0.15) is 5.10 Å². The van der Waals surface area contributed by atoms with Crippen molar-refractivity contribution in [2.75, 3.05) is 12.4 Å². The molecule has 128 valence electrons. The van der Waals surface area contributed by atoms with Crippen molar-refractivity contribution >= 4 is 11.7 Å². The number of nitrogens with one attached hydrogen (secondary N) is 1. The van der Waals surface area contributed by atoms with Crippen LogP contribution in [0.3, 0.4) is 0 Å². The van der Waals surface area contributed by atoms with Crippen molar-refractivity contribution in [3.63, 3.8) is 0 Å². The number of rotatable bonds is 4. The van der Waals surface area contributed by atoms with Gasteiger partial charge in [0.1, 0.15) is 0 Å². The SMILES string of the molecule is Cc1cc(C)n(-c2ccccc2NC(=O)N(C)Cc2ccccn2)n1. The van der Waals surface area contributed by atoms with E-state index in [0.717, 1.165) is 22.8 Å². The molecule has 0 radical (unpaired) electrons. The van der Waals surface area contributed by atoms with E-state index in [0.29, 0.717) is 12.2 Å². The first-order chi connectivity index (χ1) is 12.0. The first-order valence-corrected chi connectivity index (χ1v) is 8.09. The largest absolute Gasteiger partial charge is 0.322 e. The Balaban J connectivity index is 1.79. The Morgan fingerprint density at radius 2 is 1.92 bits per heavy atom. The molecule has 6 nitrogen and oxygen atoms in total. The zero-order chi connectivity index (χ0) is 17.8. The van der Waals surface area contributed by atoms with Crippen LogP contribution in [-0.4, -0.2) is 32.7 Å². The molecule has 0 aliphatic carbocycles. The monoisotopic (exact) mass is 335 g/mol. The zero-order valence-electron chi connectivity index (χ0n) is 14.6. The minimum atomic E-state index is -0.195. The summed E-state index contributed by atoms with van der Waals surface area (Å²) < 4.78 is 1.84. The second-order valence-electron chi connectivity index (χ2n) is 5.96. The van der Waals surface area contributed by atoms with Gasteiger partial charge in [-0.3, -0.25) is 4.98 Å². The number of hydrogen-bond acceptors (Lipinski definition) is 3. The number of pyridine rings is 1. The highest BCUT2D eigenvalue weighted by Crippen LogP contribution is 2.22. The van der Waals surface area contributed by atoms with Gasteiger partial charge in [-0.15, -0.1) is 0 Å². The molecule has 2 aromatic heterocycles. The number of hydrogen-bond donors (Lipinski definition) is 1. The van der Waals surface area contributed by atoms with Gasteiger partial charge in [-0.25, -0.2) is 9.48 Å². The fourth-order valence-electron chi connectivity index (χ4n) is 2.65. The van der Waals surface area contributed by atoms with Crippen LogP contribution in [0, 0.1) is 13.8 Å². The Bertz CT molecular complexity index is 873. The normalized spacial score (nSPS) is 10.5. The molecule has 1 aromatic carbocycles. The molecule has 0 saturated heterocycles. The number of nitrogens with zero attached hydrogens (tertiary/aromatic N) is 4. The molecule has 0 bridgehead atoms. The predicted octanol–water partition coefficient (Wildman–Crippen LogP) is 3.55. The Kier molecular flexibility index (Phi) is 4.79. The maximum atomic E-state index is 12.5. The summed E-state index contributed by atoms with van der Waals surface area (Å²) in [6.45, 7) is 4.38. The number of benzene rings is 1. The van der Waals surface area contributed by atoms with Crippen molar-refractivity contribution in [3.05, 3.63) is 71.8 Å². The predicted molar refractivity (Wildman–Crippen MR) is 97.8 cm³/mol. The Morgan fingerprint density at radius 3 is 2.60 bits per heavy atom. The van der Waals surface area contributed by atoms with Crippen molar-refractivity contribution in [1.82, 2.24) is 19.7 Å². The molecule has 0 saturated carbocycles. The van der Waals surface area contributed by atoms with Gasteiger partial charge in [-0.05, 0) is 44.2 Å². The lowest BCUT2D eigenvalue weighted by Gasteiger charge is -2.19. The summed E-state index contributed by atoms with van der Waals surface area (Å²) in [5.74, 6) is 0. The second-order valence-corrected chi connectivity index (χ2v) is 5.96. The molecule has 6 heteroatoms. The molecule has 1 N–H and O–H groups in total. The van der Waals surface area contributed by atoms with Crippen molar-refractivity contribution in [1.29, 1.82) is 0 Å². The van der Waals surface area contributed by atoms with Gasteiger partial charge in [0.05, 0.1) is 29.3 Å². The first kappa shape index (κ1) is 16.7. The summed E-state index contributed by atoms with van der Waals surface area (Å²) in [6, 6.07) is 15.1. The molecule has 0 fully saturated rings. The van der Waals surface area contributed by atoms with Crippen LogP contribution in [0.15, 0.2) is 54.7 Å². The lowest BCUT2D eigenvalue weighted by atomic mass is 10.2. The molecule has 2 amide bonds. The summed E-state index contributed by atoms with van der Waals surface area (Å²) in [4.78, 5) is 18.4. The van der Waals surface area contributed by atoms with E-state index in [9.17, 15) is 4.79 Å². The maximum absolute atomic E-state index is 12.5. The molecule has 0 atom stereocenters. The van der Waals surface area contributed by atoms with Crippen LogP contribution >= 0.6 is 0 Å². The molecule has 2 heterocycles. The van der Waals surface area contributed by atoms with Gasteiger partial charge in [0, 0.05) is 18.9 Å². The van der Waals surface area contributed by atoms with Gasteiger partial charge in [0.2, 0.25) is 0 Å². The lowest BCUT2D eigenvalue weighted by molar-refractivity contribution is 0.220. The molecule has 0 aliphatic heterocycles. The van der Waals surface area contributed by atoms with Crippen molar-refractivity contribution in [3.8, 4) is 5.69 Å². The topological polar surface area (TPSA) is 63.1 Å². The van der Waals surface area contributed by atoms with E-state index in [1.54, 1.807) is 18.1 Å². The summed E-state index contributed by atoms with van der Waals surface area (Å²) in [6.07, 6.45) is 1.72. The fourth-order valence-corrected chi connectivity index (χ4v) is 2.65. The number of carbonyl (C=O) groups excluding carboxylic acids is 1. The molecule has 25 heavy (non-hydrogen) atoms. The van der Waals surface area contributed by atoms with Crippen LogP contribution in [0.5, 0.6) is 0 Å². The Labute approximate surface area is 147 Å². The first-order valence-electron chi connectivity index (χ1n) is 8.09. The average molecular weight is 335 g/mol. The third kappa shape index (κ3) is 3.85. The number of amides is 2. The van der Waals surface area contributed by atoms with Gasteiger partial charge in [0.15, 0.2) is 0 Å². The van der Waals surface area contributed by atoms with Crippen LogP contribution in [0.1, 0.15) is 17.1 Å². The van der Waals surface area contributed by atoms with E-state index in [1.165, 1.54) is 0 Å². The number of anilines is 1. The van der Waals surface area contributed by atoms with Crippen LogP contribution < -0.4 is 5.32 Å². The number of para-hydroxylation sites is 2. The Morgan fingerprint density at radius 1 is 1.16 bits per heavy atom. The minimum absolute atomic E-state index is 0.195. The van der Waals surface area contributed by atoms with Gasteiger partial charge in [-0.1, -0.05) is 18.2 Å².